The quantitative estimate of drug-likeness (QED) is 0.630. The minimum absolute atomic E-state index is 0.0102. The molecule has 1 aromatic heterocycles. The molecule has 4 rings (SSSR count). The summed E-state index contributed by atoms with van der Waals surface area (Å²) >= 11 is 0. The number of piperidine rings is 2. The van der Waals surface area contributed by atoms with Crippen molar-refractivity contribution in [3.8, 4) is 0 Å². The van der Waals surface area contributed by atoms with E-state index in [9.17, 15) is 9.59 Å². The SMILES string of the molecule is CCN(CC)C(=O)C1CCCN(c2cc(C(=O)NC3CCN(Cc4ccccc4)CC3)ccn2)C1. The summed E-state index contributed by atoms with van der Waals surface area (Å²) in [5.41, 5.74) is 1.97. The molecule has 2 aliphatic rings. The van der Waals surface area contributed by atoms with Crippen molar-refractivity contribution in [1.82, 2.24) is 20.1 Å². The summed E-state index contributed by atoms with van der Waals surface area (Å²) in [4.78, 5) is 37.0. The predicted molar refractivity (Wildman–Crippen MR) is 139 cm³/mol. The summed E-state index contributed by atoms with van der Waals surface area (Å²) < 4.78 is 0. The molecule has 0 spiro atoms. The zero-order valence-electron chi connectivity index (χ0n) is 21.2. The van der Waals surface area contributed by atoms with Crippen molar-refractivity contribution in [2.24, 2.45) is 5.92 Å². The number of carbonyl (C=O) groups excluding carboxylic acids is 2. The largest absolute Gasteiger partial charge is 0.356 e. The van der Waals surface area contributed by atoms with Crippen molar-refractivity contribution in [3.05, 3.63) is 59.8 Å². The number of aromatic nitrogens is 1. The standard InChI is InChI=1S/C28H39N5O2/c1-3-32(4-2)28(35)24-11-8-16-33(21-24)26-19-23(12-15-29-26)27(34)30-25-13-17-31(18-14-25)20-22-9-6-5-7-10-22/h5-7,9-10,12,15,19,24-25H,3-4,8,11,13-14,16-18,20-21H2,1-2H3,(H,30,34). The van der Waals surface area contributed by atoms with Gasteiger partial charge in [-0.15, -0.1) is 0 Å². The highest BCUT2D eigenvalue weighted by Crippen LogP contribution is 2.24. The maximum absolute atomic E-state index is 13.0. The number of hydrogen-bond acceptors (Lipinski definition) is 5. The second-order valence-corrected chi connectivity index (χ2v) is 9.71. The Hall–Kier alpha value is -2.93. The highest BCUT2D eigenvalue weighted by Gasteiger charge is 2.29. The number of anilines is 1. The van der Waals surface area contributed by atoms with Crippen LogP contribution in [0.5, 0.6) is 0 Å². The van der Waals surface area contributed by atoms with Gasteiger partial charge in [-0.05, 0) is 57.2 Å². The van der Waals surface area contributed by atoms with Gasteiger partial charge in [0.1, 0.15) is 5.82 Å². The molecular weight excluding hydrogens is 438 g/mol. The van der Waals surface area contributed by atoms with Crippen molar-refractivity contribution in [2.75, 3.05) is 44.2 Å². The van der Waals surface area contributed by atoms with Gasteiger partial charge in [0.05, 0.1) is 5.92 Å². The van der Waals surface area contributed by atoms with Crippen LogP contribution in [0.1, 0.15) is 55.5 Å². The maximum Gasteiger partial charge on any atom is 0.251 e. The van der Waals surface area contributed by atoms with Gasteiger partial charge in [0.15, 0.2) is 0 Å². The zero-order valence-corrected chi connectivity index (χ0v) is 21.2. The molecule has 0 aliphatic carbocycles. The molecule has 1 N–H and O–H groups in total. The predicted octanol–water partition coefficient (Wildman–Crippen LogP) is 3.56. The lowest BCUT2D eigenvalue weighted by atomic mass is 9.96. The summed E-state index contributed by atoms with van der Waals surface area (Å²) in [6.45, 7) is 9.98. The summed E-state index contributed by atoms with van der Waals surface area (Å²) in [5, 5.41) is 3.23. The maximum atomic E-state index is 13.0. The molecule has 1 aromatic carbocycles. The Bertz CT molecular complexity index is 970. The molecule has 7 nitrogen and oxygen atoms in total. The van der Waals surface area contributed by atoms with E-state index in [2.05, 4.69) is 44.4 Å². The zero-order chi connectivity index (χ0) is 24.6. The van der Waals surface area contributed by atoms with E-state index in [0.29, 0.717) is 12.1 Å². The van der Waals surface area contributed by atoms with Crippen LogP contribution in [0, 0.1) is 5.92 Å². The highest BCUT2D eigenvalue weighted by atomic mass is 16.2. The Balaban J connectivity index is 1.31. The van der Waals surface area contributed by atoms with Crippen LogP contribution in [0.25, 0.3) is 0 Å². The van der Waals surface area contributed by atoms with E-state index in [4.69, 9.17) is 0 Å². The number of pyridine rings is 1. The van der Waals surface area contributed by atoms with E-state index < -0.39 is 0 Å². The van der Waals surface area contributed by atoms with E-state index in [1.165, 1.54) is 5.56 Å². The number of nitrogens with one attached hydrogen (secondary N) is 1. The third kappa shape index (κ3) is 6.60. The second kappa shape index (κ2) is 12.2. The van der Waals surface area contributed by atoms with Crippen LogP contribution in [0.4, 0.5) is 5.82 Å². The van der Waals surface area contributed by atoms with Gasteiger partial charge in [-0.3, -0.25) is 14.5 Å². The van der Waals surface area contributed by atoms with Gasteiger partial charge in [-0.2, -0.15) is 0 Å². The molecule has 35 heavy (non-hydrogen) atoms. The lowest BCUT2D eigenvalue weighted by Crippen LogP contribution is -2.45. The van der Waals surface area contributed by atoms with Crippen LogP contribution in [-0.2, 0) is 11.3 Å². The monoisotopic (exact) mass is 477 g/mol. The smallest absolute Gasteiger partial charge is 0.251 e. The lowest BCUT2D eigenvalue weighted by Gasteiger charge is -2.35. The fourth-order valence-electron chi connectivity index (χ4n) is 5.26. The molecule has 2 amide bonds. The highest BCUT2D eigenvalue weighted by molar-refractivity contribution is 5.95. The van der Waals surface area contributed by atoms with E-state index in [-0.39, 0.29) is 23.8 Å². The van der Waals surface area contributed by atoms with Gasteiger partial charge >= 0.3 is 0 Å². The fourth-order valence-corrected chi connectivity index (χ4v) is 5.26. The van der Waals surface area contributed by atoms with Crippen LogP contribution in [0.2, 0.25) is 0 Å². The third-order valence-electron chi connectivity index (χ3n) is 7.35. The first-order chi connectivity index (χ1) is 17.1. The molecule has 1 unspecified atom stereocenters. The van der Waals surface area contributed by atoms with Crippen molar-refractivity contribution < 1.29 is 9.59 Å². The Kier molecular flexibility index (Phi) is 8.74. The average Bonchev–Trinajstić information content (AvgIpc) is 2.91. The van der Waals surface area contributed by atoms with Gasteiger partial charge in [0, 0.05) is 63.6 Å². The second-order valence-electron chi connectivity index (χ2n) is 9.71. The number of rotatable bonds is 8. The minimum Gasteiger partial charge on any atom is -0.356 e. The molecule has 0 radical (unpaired) electrons. The van der Waals surface area contributed by atoms with Crippen LogP contribution < -0.4 is 10.2 Å². The Morgan fingerprint density at radius 1 is 1.03 bits per heavy atom. The first-order valence-electron chi connectivity index (χ1n) is 13.1. The van der Waals surface area contributed by atoms with Crippen molar-refractivity contribution in [3.63, 3.8) is 0 Å². The summed E-state index contributed by atoms with van der Waals surface area (Å²) in [6.07, 6.45) is 5.49. The molecule has 0 bridgehead atoms. The van der Waals surface area contributed by atoms with Crippen LogP contribution >= 0.6 is 0 Å². The van der Waals surface area contributed by atoms with Gasteiger partial charge in [-0.25, -0.2) is 4.98 Å². The molecule has 2 aliphatic heterocycles. The Labute approximate surface area is 209 Å². The number of hydrogen-bond donors (Lipinski definition) is 1. The molecule has 2 fully saturated rings. The first kappa shape index (κ1) is 25.2. The van der Waals surface area contributed by atoms with Gasteiger partial charge in [-0.1, -0.05) is 30.3 Å². The number of likely N-dealkylation sites (tertiary alicyclic amines) is 1. The molecule has 0 saturated carbocycles. The number of carbonyl (C=O) groups is 2. The van der Waals surface area contributed by atoms with Gasteiger partial charge < -0.3 is 15.1 Å². The molecule has 1 atom stereocenters. The number of amides is 2. The number of benzene rings is 1. The Morgan fingerprint density at radius 2 is 1.77 bits per heavy atom. The van der Waals surface area contributed by atoms with Crippen LogP contribution in [0.15, 0.2) is 48.7 Å². The van der Waals surface area contributed by atoms with E-state index >= 15 is 0 Å². The van der Waals surface area contributed by atoms with Crippen molar-refractivity contribution >= 4 is 17.6 Å². The van der Waals surface area contributed by atoms with Crippen molar-refractivity contribution in [1.29, 1.82) is 0 Å². The lowest BCUT2D eigenvalue weighted by molar-refractivity contribution is -0.135. The normalized spacial score (nSPS) is 19.4. The summed E-state index contributed by atoms with van der Waals surface area (Å²) in [5.74, 6) is 0.964. The molecule has 3 heterocycles. The third-order valence-corrected chi connectivity index (χ3v) is 7.35. The van der Waals surface area contributed by atoms with Crippen LogP contribution in [-0.4, -0.2) is 71.9 Å². The van der Waals surface area contributed by atoms with Crippen molar-refractivity contribution in [2.45, 2.75) is 52.1 Å². The first-order valence-corrected chi connectivity index (χ1v) is 13.1. The summed E-state index contributed by atoms with van der Waals surface area (Å²) in [6, 6.07) is 14.4. The summed E-state index contributed by atoms with van der Waals surface area (Å²) in [7, 11) is 0. The van der Waals surface area contributed by atoms with E-state index in [1.807, 2.05) is 30.9 Å². The topological polar surface area (TPSA) is 68.8 Å². The molecule has 2 saturated heterocycles. The van der Waals surface area contributed by atoms with E-state index in [1.54, 1.807) is 12.3 Å². The van der Waals surface area contributed by atoms with Crippen LogP contribution in [0.3, 0.4) is 0 Å². The molecule has 7 heteroatoms. The average molecular weight is 478 g/mol. The molecule has 2 aromatic rings. The minimum atomic E-state index is -0.0389. The number of nitrogens with zero attached hydrogens (tertiary/aromatic N) is 4. The fraction of sp³-hybridized carbons (Fsp3) is 0.536. The van der Waals surface area contributed by atoms with Gasteiger partial charge in [0.25, 0.3) is 5.91 Å². The van der Waals surface area contributed by atoms with E-state index in [0.717, 1.165) is 70.8 Å². The molecule has 188 valence electrons. The van der Waals surface area contributed by atoms with Gasteiger partial charge in [0.2, 0.25) is 5.91 Å². The Morgan fingerprint density at radius 3 is 2.49 bits per heavy atom. The molecular formula is C28H39N5O2.